The quantitative estimate of drug-likeness (QED) is 0.327. The Labute approximate surface area is 180 Å². The molecule has 0 saturated carbocycles. The van der Waals surface area contributed by atoms with Gasteiger partial charge in [0, 0.05) is 37.0 Å². The smallest absolute Gasteiger partial charge is 0.419 e. The van der Waals surface area contributed by atoms with Crippen molar-refractivity contribution in [1.82, 2.24) is 9.78 Å². The number of carbonyl (C=O) groups excluding carboxylic acids is 2. The number of nitrogens with zero attached hydrogens (tertiary/aromatic N) is 2. The minimum atomic E-state index is -4.63. The molecule has 0 atom stereocenters. The van der Waals surface area contributed by atoms with Crippen LogP contribution in [-0.4, -0.2) is 27.5 Å². The van der Waals surface area contributed by atoms with Crippen molar-refractivity contribution in [3.05, 3.63) is 52.7 Å². The van der Waals surface area contributed by atoms with Gasteiger partial charge < -0.3 is 14.8 Å². The third-order valence-electron chi connectivity index (χ3n) is 5.12. The molecule has 11 heteroatoms. The number of halogens is 4. The Morgan fingerprint density at radius 1 is 1.12 bits per heavy atom. The van der Waals surface area contributed by atoms with Crippen LogP contribution in [0.1, 0.15) is 43.6 Å². The summed E-state index contributed by atoms with van der Waals surface area (Å²) in [6, 6.07) is 3.70. The number of anilines is 1. The average molecular weight is 453 g/mol. The number of benzene rings is 1. The van der Waals surface area contributed by atoms with E-state index >= 15 is 0 Å². The summed E-state index contributed by atoms with van der Waals surface area (Å²) in [5.74, 6) is -4.03. The standard InChI is InChI=1S/C21H19F4N3O4/c1-20(2)31-18(29)13(19(30)32-20)10-26-11-7-8-16(14(22)9-11)28-15-6-4-3-5-12(15)17(27-28)21(23,24)25/h7-10,26H,3-6H2,1-2H3. The van der Waals surface area contributed by atoms with E-state index < -0.39 is 41.0 Å². The minimum absolute atomic E-state index is 0.104. The van der Waals surface area contributed by atoms with Crippen LogP contribution in [0.2, 0.25) is 0 Å². The number of fused-ring (bicyclic) bond motifs is 1. The fraction of sp³-hybridized carbons (Fsp3) is 0.381. The van der Waals surface area contributed by atoms with E-state index in [1.807, 2.05) is 0 Å². The average Bonchev–Trinajstić information content (AvgIpc) is 3.06. The molecule has 2 heterocycles. The van der Waals surface area contributed by atoms with E-state index in [1.54, 1.807) is 0 Å². The van der Waals surface area contributed by atoms with Gasteiger partial charge in [-0.3, -0.25) is 0 Å². The van der Waals surface area contributed by atoms with Crippen LogP contribution in [0, 0.1) is 5.82 Å². The van der Waals surface area contributed by atoms with Gasteiger partial charge in [0.2, 0.25) is 0 Å². The zero-order chi connectivity index (χ0) is 23.3. The molecule has 32 heavy (non-hydrogen) atoms. The lowest BCUT2D eigenvalue weighted by molar-refractivity contribution is -0.222. The second kappa shape index (κ2) is 7.64. The molecule has 1 aromatic carbocycles. The van der Waals surface area contributed by atoms with Gasteiger partial charge in [0.1, 0.15) is 5.69 Å². The van der Waals surface area contributed by atoms with Crippen LogP contribution in [0.4, 0.5) is 23.2 Å². The summed E-state index contributed by atoms with van der Waals surface area (Å²) < 4.78 is 66.0. The number of aromatic nitrogens is 2. The Morgan fingerprint density at radius 2 is 1.78 bits per heavy atom. The normalized spacial score (nSPS) is 18.0. The topological polar surface area (TPSA) is 82.5 Å². The Balaban J connectivity index is 1.62. The molecule has 1 aliphatic heterocycles. The van der Waals surface area contributed by atoms with Crippen molar-refractivity contribution in [3.63, 3.8) is 0 Å². The Bertz CT molecular complexity index is 1110. The molecule has 170 valence electrons. The number of carbonyl (C=O) groups is 2. The summed E-state index contributed by atoms with van der Waals surface area (Å²) in [7, 11) is 0. The number of hydrogen-bond acceptors (Lipinski definition) is 6. The number of cyclic esters (lactones) is 2. The molecule has 4 rings (SSSR count). The van der Waals surface area contributed by atoms with Gasteiger partial charge in [0.05, 0.1) is 0 Å². The lowest BCUT2D eigenvalue weighted by atomic mass is 9.95. The highest BCUT2D eigenvalue weighted by molar-refractivity contribution is 6.15. The number of esters is 2. The highest BCUT2D eigenvalue weighted by Crippen LogP contribution is 2.37. The van der Waals surface area contributed by atoms with E-state index in [9.17, 15) is 27.2 Å². The van der Waals surface area contributed by atoms with Gasteiger partial charge in [-0.15, -0.1) is 0 Å². The van der Waals surface area contributed by atoms with Gasteiger partial charge in [-0.25, -0.2) is 18.7 Å². The molecular formula is C21H19F4N3O4. The maximum atomic E-state index is 14.8. The van der Waals surface area contributed by atoms with Gasteiger partial charge >= 0.3 is 18.1 Å². The predicted octanol–water partition coefficient (Wildman–Crippen LogP) is 4.04. The van der Waals surface area contributed by atoms with Crippen molar-refractivity contribution >= 4 is 17.6 Å². The number of hydrogen-bond donors (Lipinski definition) is 1. The third kappa shape index (κ3) is 4.06. The van der Waals surface area contributed by atoms with E-state index in [0.717, 1.165) is 16.9 Å². The lowest BCUT2D eigenvalue weighted by Gasteiger charge is -2.29. The highest BCUT2D eigenvalue weighted by Gasteiger charge is 2.40. The number of alkyl halides is 3. The van der Waals surface area contributed by atoms with Crippen molar-refractivity contribution < 1.29 is 36.6 Å². The molecule has 7 nitrogen and oxygen atoms in total. The van der Waals surface area contributed by atoms with E-state index in [0.29, 0.717) is 25.0 Å². The maximum absolute atomic E-state index is 14.8. The summed E-state index contributed by atoms with van der Waals surface area (Å²) in [6.45, 7) is 2.80. The van der Waals surface area contributed by atoms with E-state index in [1.165, 1.54) is 26.0 Å². The van der Waals surface area contributed by atoms with Crippen molar-refractivity contribution in [2.75, 3.05) is 5.32 Å². The largest absolute Gasteiger partial charge is 0.435 e. The van der Waals surface area contributed by atoms with Gasteiger partial charge in [-0.05, 0) is 43.9 Å². The molecule has 1 aliphatic carbocycles. The molecule has 0 spiro atoms. The number of ether oxygens (including phenoxy) is 2. The SMILES string of the molecule is CC1(C)OC(=O)C(=CNc2ccc(-n3nc(C(F)(F)F)c4c3CCCC4)c(F)c2)C(=O)O1. The molecule has 0 amide bonds. The second-order valence-corrected chi connectivity index (χ2v) is 7.94. The Morgan fingerprint density at radius 3 is 2.41 bits per heavy atom. The van der Waals surface area contributed by atoms with Gasteiger partial charge in [-0.2, -0.15) is 18.3 Å². The van der Waals surface area contributed by atoms with Crippen LogP contribution in [0.3, 0.4) is 0 Å². The lowest BCUT2D eigenvalue weighted by Crippen LogP contribution is -2.42. The van der Waals surface area contributed by atoms with Crippen LogP contribution < -0.4 is 5.32 Å². The Hall–Kier alpha value is -3.37. The van der Waals surface area contributed by atoms with Crippen LogP contribution >= 0.6 is 0 Å². The Kier molecular flexibility index (Phi) is 5.22. The number of rotatable bonds is 3. The van der Waals surface area contributed by atoms with E-state index in [4.69, 9.17) is 9.47 Å². The van der Waals surface area contributed by atoms with E-state index in [2.05, 4.69) is 10.4 Å². The van der Waals surface area contributed by atoms with Gasteiger partial charge in [-0.1, -0.05) is 0 Å². The summed E-state index contributed by atoms with van der Waals surface area (Å²) in [4.78, 5) is 23.9. The second-order valence-electron chi connectivity index (χ2n) is 7.94. The first-order chi connectivity index (χ1) is 15.0. The summed E-state index contributed by atoms with van der Waals surface area (Å²) >= 11 is 0. The first kappa shape index (κ1) is 21.8. The molecule has 2 aliphatic rings. The molecule has 0 radical (unpaired) electrons. The molecule has 1 N–H and O–H groups in total. The first-order valence-electron chi connectivity index (χ1n) is 9.87. The van der Waals surface area contributed by atoms with Crippen LogP contribution in [0.5, 0.6) is 0 Å². The first-order valence-corrected chi connectivity index (χ1v) is 9.87. The van der Waals surface area contributed by atoms with Crippen molar-refractivity contribution in [2.24, 2.45) is 0 Å². The van der Waals surface area contributed by atoms with Crippen molar-refractivity contribution in [3.8, 4) is 5.69 Å². The van der Waals surface area contributed by atoms with Crippen molar-refractivity contribution in [2.45, 2.75) is 51.5 Å². The predicted molar refractivity (Wildman–Crippen MR) is 103 cm³/mol. The van der Waals surface area contributed by atoms with E-state index in [-0.39, 0.29) is 23.4 Å². The minimum Gasteiger partial charge on any atom is -0.419 e. The molecule has 2 aromatic rings. The molecular weight excluding hydrogens is 434 g/mol. The molecule has 0 bridgehead atoms. The fourth-order valence-corrected chi connectivity index (χ4v) is 3.73. The molecule has 1 saturated heterocycles. The monoisotopic (exact) mass is 453 g/mol. The third-order valence-corrected chi connectivity index (χ3v) is 5.12. The van der Waals surface area contributed by atoms with Gasteiger partial charge in [0.25, 0.3) is 5.79 Å². The van der Waals surface area contributed by atoms with Crippen LogP contribution in [-0.2, 0) is 38.1 Å². The van der Waals surface area contributed by atoms with Gasteiger partial charge in [0.15, 0.2) is 17.1 Å². The van der Waals surface area contributed by atoms with Crippen LogP contribution in [0.15, 0.2) is 30.0 Å². The molecule has 1 fully saturated rings. The zero-order valence-corrected chi connectivity index (χ0v) is 17.2. The molecule has 0 unspecified atom stereocenters. The summed E-state index contributed by atoms with van der Waals surface area (Å²) in [5, 5.41) is 6.27. The maximum Gasteiger partial charge on any atom is 0.435 e. The number of nitrogens with one attached hydrogen (secondary N) is 1. The zero-order valence-electron chi connectivity index (χ0n) is 17.2. The molecule has 1 aromatic heterocycles. The summed E-state index contributed by atoms with van der Waals surface area (Å²) in [6.07, 6.45) is -1.70. The fourth-order valence-electron chi connectivity index (χ4n) is 3.73. The van der Waals surface area contributed by atoms with Crippen molar-refractivity contribution in [1.29, 1.82) is 0 Å². The van der Waals surface area contributed by atoms with Crippen LogP contribution in [0.25, 0.3) is 5.69 Å². The summed E-state index contributed by atoms with van der Waals surface area (Å²) in [5.41, 5.74) is -0.926. The highest BCUT2D eigenvalue weighted by atomic mass is 19.4.